The molecule has 1 aromatic rings. The highest BCUT2D eigenvalue weighted by atomic mass is 16.5. The Morgan fingerprint density at radius 1 is 1.40 bits per heavy atom. The van der Waals surface area contributed by atoms with Gasteiger partial charge in [-0.25, -0.2) is 0 Å². The van der Waals surface area contributed by atoms with E-state index < -0.39 is 0 Å². The van der Waals surface area contributed by atoms with Gasteiger partial charge in [-0.05, 0) is 50.9 Å². The predicted molar refractivity (Wildman–Crippen MR) is 79.8 cm³/mol. The zero-order valence-corrected chi connectivity index (χ0v) is 12.3. The average Bonchev–Trinajstić information content (AvgIpc) is 2.49. The fourth-order valence-electron chi connectivity index (χ4n) is 2.49. The van der Waals surface area contributed by atoms with E-state index in [2.05, 4.69) is 10.6 Å². The van der Waals surface area contributed by atoms with Crippen LogP contribution in [0.5, 0.6) is 5.75 Å². The van der Waals surface area contributed by atoms with Crippen LogP contribution >= 0.6 is 0 Å². The Kier molecular flexibility index (Phi) is 5.41. The van der Waals surface area contributed by atoms with Crippen LogP contribution in [-0.4, -0.2) is 25.1 Å². The van der Waals surface area contributed by atoms with Gasteiger partial charge in [0, 0.05) is 0 Å². The van der Waals surface area contributed by atoms with Gasteiger partial charge in [0.1, 0.15) is 5.75 Å². The van der Waals surface area contributed by atoms with E-state index in [9.17, 15) is 4.79 Å². The van der Waals surface area contributed by atoms with E-state index in [1.54, 1.807) is 0 Å². The van der Waals surface area contributed by atoms with Crippen molar-refractivity contribution in [3.63, 3.8) is 0 Å². The summed E-state index contributed by atoms with van der Waals surface area (Å²) in [7, 11) is 0. The third-order valence-electron chi connectivity index (χ3n) is 3.68. The average molecular weight is 276 g/mol. The number of hydrogen-bond donors (Lipinski definition) is 2. The first-order valence-electron chi connectivity index (χ1n) is 7.47. The highest BCUT2D eigenvalue weighted by Crippen LogP contribution is 2.18. The van der Waals surface area contributed by atoms with Crippen LogP contribution in [0.4, 0.5) is 0 Å². The molecule has 1 fully saturated rings. The molecule has 0 saturated carbocycles. The third kappa shape index (κ3) is 3.97. The lowest BCUT2D eigenvalue weighted by molar-refractivity contribution is -0.124. The maximum atomic E-state index is 12.2. The molecular formula is C16H24N2O2. The molecule has 4 nitrogen and oxygen atoms in total. The molecule has 1 saturated heterocycles. The molecule has 1 aliphatic heterocycles. The summed E-state index contributed by atoms with van der Waals surface area (Å²) in [6.45, 7) is 5.58. The van der Waals surface area contributed by atoms with E-state index >= 15 is 0 Å². The first-order chi connectivity index (χ1) is 9.70. The Balaban J connectivity index is 1.89. The monoisotopic (exact) mass is 276 g/mol. The summed E-state index contributed by atoms with van der Waals surface area (Å²) >= 11 is 0. The maximum Gasteiger partial charge on any atom is 0.237 e. The summed E-state index contributed by atoms with van der Waals surface area (Å²) < 4.78 is 5.42. The number of ether oxygens (including phenoxy) is 1. The minimum atomic E-state index is -0.0334. The van der Waals surface area contributed by atoms with Crippen molar-refractivity contribution >= 4 is 5.91 Å². The van der Waals surface area contributed by atoms with Crippen LogP contribution in [0, 0.1) is 0 Å². The molecule has 0 aliphatic carbocycles. The summed E-state index contributed by atoms with van der Waals surface area (Å²) in [4.78, 5) is 12.2. The quantitative estimate of drug-likeness (QED) is 0.868. The zero-order chi connectivity index (χ0) is 14.4. The molecule has 2 N–H and O–H groups in total. The van der Waals surface area contributed by atoms with Crippen molar-refractivity contribution in [3.8, 4) is 5.75 Å². The van der Waals surface area contributed by atoms with Crippen molar-refractivity contribution < 1.29 is 9.53 Å². The van der Waals surface area contributed by atoms with Gasteiger partial charge in [-0.2, -0.15) is 0 Å². The second kappa shape index (κ2) is 7.29. The van der Waals surface area contributed by atoms with Gasteiger partial charge in [-0.1, -0.05) is 18.6 Å². The zero-order valence-electron chi connectivity index (χ0n) is 12.3. The Morgan fingerprint density at radius 3 is 2.75 bits per heavy atom. The lowest BCUT2D eigenvalue weighted by Gasteiger charge is -2.24. The molecule has 2 rings (SSSR count). The van der Waals surface area contributed by atoms with Gasteiger partial charge >= 0.3 is 0 Å². The van der Waals surface area contributed by atoms with Crippen LogP contribution in [0.15, 0.2) is 24.3 Å². The van der Waals surface area contributed by atoms with Crippen molar-refractivity contribution in [1.82, 2.24) is 10.6 Å². The highest BCUT2D eigenvalue weighted by molar-refractivity contribution is 5.82. The molecule has 1 amide bonds. The van der Waals surface area contributed by atoms with Crippen molar-refractivity contribution in [1.29, 1.82) is 0 Å². The number of amides is 1. The summed E-state index contributed by atoms with van der Waals surface area (Å²) in [5, 5.41) is 6.34. The predicted octanol–water partition coefficient (Wildman–Crippen LogP) is 2.40. The maximum absolute atomic E-state index is 12.2. The molecule has 20 heavy (non-hydrogen) atoms. The molecule has 1 aromatic carbocycles. The van der Waals surface area contributed by atoms with Crippen molar-refractivity contribution in [2.24, 2.45) is 0 Å². The topological polar surface area (TPSA) is 50.4 Å². The first kappa shape index (κ1) is 14.9. The molecule has 2 unspecified atom stereocenters. The Morgan fingerprint density at radius 2 is 2.15 bits per heavy atom. The van der Waals surface area contributed by atoms with Crippen molar-refractivity contribution in [2.75, 3.05) is 13.2 Å². The molecule has 0 radical (unpaired) electrons. The Hall–Kier alpha value is -1.55. The fourth-order valence-corrected chi connectivity index (χ4v) is 2.49. The smallest absolute Gasteiger partial charge is 0.237 e. The third-order valence-corrected chi connectivity index (χ3v) is 3.68. The molecule has 0 spiro atoms. The molecule has 4 heteroatoms. The second-order valence-electron chi connectivity index (χ2n) is 5.23. The molecule has 0 aromatic heterocycles. The molecule has 0 bridgehead atoms. The van der Waals surface area contributed by atoms with Crippen molar-refractivity contribution in [3.05, 3.63) is 29.8 Å². The molecular weight excluding hydrogens is 252 g/mol. The lowest BCUT2D eigenvalue weighted by Crippen LogP contribution is -2.47. The normalized spacial score (nSPS) is 20.2. The van der Waals surface area contributed by atoms with Crippen LogP contribution in [0.2, 0.25) is 0 Å². The fraction of sp³-hybridized carbons (Fsp3) is 0.562. The minimum absolute atomic E-state index is 0.0157. The Labute approximate surface area is 120 Å². The van der Waals surface area contributed by atoms with Gasteiger partial charge in [-0.3, -0.25) is 4.79 Å². The minimum Gasteiger partial charge on any atom is -0.494 e. The summed E-state index contributed by atoms with van der Waals surface area (Å²) in [5.41, 5.74) is 1.10. The van der Waals surface area contributed by atoms with Gasteiger partial charge in [0.15, 0.2) is 0 Å². The van der Waals surface area contributed by atoms with Crippen LogP contribution in [0.3, 0.4) is 0 Å². The largest absolute Gasteiger partial charge is 0.494 e. The lowest BCUT2D eigenvalue weighted by atomic mass is 10.0. The van der Waals surface area contributed by atoms with Gasteiger partial charge in [-0.15, -0.1) is 0 Å². The van der Waals surface area contributed by atoms with Gasteiger partial charge in [0.05, 0.1) is 18.7 Å². The number of rotatable bonds is 5. The number of carbonyl (C=O) groups is 1. The number of hydrogen-bond acceptors (Lipinski definition) is 3. The van der Waals surface area contributed by atoms with E-state index in [0.717, 1.165) is 37.1 Å². The molecule has 110 valence electrons. The first-order valence-corrected chi connectivity index (χ1v) is 7.47. The standard InChI is InChI=1S/C16H24N2O2/c1-3-20-14-9-7-13(8-10-14)12(2)18-16(19)15-6-4-5-11-17-15/h7-10,12,15,17H,3-6,11H2,1-2H3,(H,18,19). The van der Waals surface area contributed by atoms with E-state index in [1.165, 1.54) is 0 Å². The summed E-state index contributed by atoms with van der Waals surface area (Å²) in [6, 6.07) is 7.88. The van der Waals surface area contributed by atoms with Crippen LogP contribution in [0.1, 0.15) is 44.7 Å². The molecule has 1 aliphatic rings. The van der Waals surface area contributed by atoms with Crippen LogP contribution < -0.4 is 15.4 Å². The van der Waals surface area contributed by atoms with Gasteiger partial charge in [0.2, 0.25) is 5.91 Å². The molecule has 2 atom stereocenters. The number of piperidine rings is 1. The second-order valence-corrected chi connectivity index (χ2v) is 5.23. The van der Waals surface area contributed by atoms with Gasteiger partial charge < -0.3 is 15.4 Å². The van der Waals surface area contributed by atoms with E-state index in [4.69, 9.17) is 4.74 Å². The number of carbonyl (C=O) groups excluding carboxylic acids is 1. The SMILES string of the molecule is CCOc1ccc(C(C)NC(=O)C2CCCCN2)cc1. The van der Waals surface area contributed by atoms with E-state index in [-0.39, 0.29) is 18.0 Å². The summed E-state index contributed by atoms with van der Waals surface area (Å²) in [5.74, 6) is 0.967. The van der Waals surface area contributed by atoms with E-state index in [1.807, 2.05) is 38.1 Å². The molecule has 1 heterocycles. The summed E-state index contributed by atoms with van der Waals surface area (Å²) in [6.07, 6.45) is 3.22. The number of benzene rings is 1. The Bertz CT molecular complexity index is 425. The van der Waals surface area contributed by atoms with Crippen LogP contribution in [0.25, 0.3) is 0 Å². The van der Waals surface area contributed by atoms with E-state index in [0.29, 0.717) is 6.61 Å². The van der Waals surface area contributed by atoms with Gasteiger partial charge in [0.25, 0.3) is 0 Å². The number of nitrogens with one attached hydrogen (secondary N) is 2. The van der Waals surface area contributed by atoms with Crippen LogP contribution in [-0.2, 0) is 4.79 Å². The van der Waals surface area contributed by atoms with Crippen molar-refractivity contribution in [2.45, 2.75) is 45.2 Å². The highest BCUT2D eigenvalue weighted by Gasteiger charge is 2.21.